The van der Waals surface area contributed by atoms with Crippen molar-refractivity contribution in [3.05, 3.63) is 0 Å². The molecule has 0 aliphatic carbocycles. The van der Waals surface area contributed by atoms with Gasteiger partial charge in [-0.15, -0.1) is 0 Å². The first-order valence-corrected chi connectivity index (χ1v) is 20.6. The molecule has 0 aromatic rings. The molecule has 2 atom stereocenters. The van der Waals surface area contributed by atoms with Crippen LogP contribution in [0.25, 0.3) is 0 Å². The van der Waals surface area contributed by atoms with Crippen molar-refractivity contribution in [2.75, 3.05) is 41.0 Å². The van der Waals surface area contributed by atoms with E-state index in [-0.39, 0.29) is 36.2 Å². The first-order chi connectivity index (χ1) is 23.6. The number of hydrogen-bond donors (Lipinski definition) is 1. The van der Waals surface area contributed by atoms with Crippen LogP contribution < -0.4 is 0 Å². The van der Waals surface area contributed by atoms with Gasteiger partial charge in [0.1, 0.15) is 6.61 Å². The minimum atomic E-state index is -0.872. The Kier molecular flexibility index (Phi) is 32.3. The number of rotatable bonds is 37. The normalized spacial score (nSPS) is 12.9. The Hall–Kier alpha value is -1.67. The number of esters is 2. The molecule has 8 heteroatoms. The molecular formula is C41H80NO7+. The molecule has 2 unspecified atom stereocenters. The molecule has 0 saturated carbocycles. The maximum absolute atomic E-state index is 12.6. The fourth-order valence-corrected chi connectivity index (χ4v) is 6.27. The summed E-state index contributed by atoms with van der Waals surface area (Å²) < 4.78 is 17.2. The maximum Gasteiger partial charge on any atom is 0.362 e. The summed E-state index contributed by atoms with van der Waals surface area (Å²) in [5, 5.41) is 9.59. The van der Waals surface area contributed by atoms with E-state index in [1.807, 2.05) is 21.1 Å². The highest BCUT2D eigenvalue weighted by Crippen LogP contribution is 2.15. The van der Waals surface area contributed by atoms with E-state index < -0.39 is 18.1 Å². The number of unbranched alkanes of at least 4 members (excludes halogenated alkanes) is 23. The van der Waals surface area contributed by atoms with Gasteiger partial charge in [0.15, 0.2) is 12.1 Å². The van der Waals surface area contributed by atoms with Gasteiger partial charge in [-0.25, -0.2) is 4.79 Å². The van der Waals surface area contributed by atoms with Gasteiger partial charge in [-0.2, -0.15) is 0 Å². The second kappa shape index (κ2) is 33.5. The topological polar surface area (TPSA) is 99.1 Å². The molecule has 0 aliphatic heterocycles. The lowest BCUT2D eigenvalue weighted by molar-refractivity contribution is -0.887. The summed E-state index contributed by atoms with van der Waals surface area (Å²) in [5.41, 5.74) is 0. The molecule has 0 radical (unpaired) electrons. The predicted molar refractivity (Wildman–Crippen MR) is 202 cm³/mol. The molecule has 0 aromatic heterocycles. The molecule has 0 spiro atoms. The van der Waals surface area contributed by atoms with E-state index in [9.17, 15) is 19.5 Å². The zero-order valence-electron chi connectivity index (χ0n) is 32.9. The second-order valence-corrected chi connectivity index (χ2v) is 15.3. The van der Waals surface area contributed by atoms with Crippen molar-refractivity contribution in [2.45, 2.75) is 206 Å². The van der Waals surface area contributed by atoms with Crippen LogP contribution in [0.2, 0.25) is 0 Å². The van der Waals surface area contributed by atoms with E-state index in [0.717, 1.165) is 38.5 Å². The monoisotopic (exact) mass is 699 g/mol. The van der Waals surface area contributed by atoms with Crippen LogP contribution in [-0.2, 0) is 28.6 Å². The van der Waals surface area contributed by atoms with Gasteiger partial charge in [0, 0.05) is 19.3 Å². The van der Waals surface area contributed by atoms with Gasteiger partial charge in [-0.05, 0) is 12.8 Å². The third-order valence-corrected chi connectivity index (χ3v) is 9.51. The summed E-state index contributed by atoms with van der Waals surface area (Å²) in [6, 6.07) is -0.606. The number of ether oxygens (including phenoxy) is 3. The summed E-state index contributed by atoms with van der Waals surface area (Å²) in [4.78, 5) is 36.8. The average molecular weight is 699 g/mol. The lowest BCUT2D eigenvalue weighted by Crippen LogP contribution is -2.50. The van der Waals surface area contributed by atoms with Crippen molar-refractivity contribution in [3.63, 3.8) is 0 Å². The van der Waals surface area contributed by atoms with E-state index in [1.165, 1.54) is 122 Å². The molecule has 0 saturated heterocycles. The van der Waals surface area contributed by atoms with Crippen molar-refractivity contribution in [2.24, 2.45) is 0 Å². The van der Waals surface area contributed by atoms with Gasteiger partial charge in [-0.3, -0.25) is 9.59 Å². The molecule has 1 N–H and O–H groups in total. The zero-order valence-corrected chi connectivity index (χ0v) is 32.9. The zero-order chi connectivity index (χ0) is 36.4. The number of aliphatic carboxylic acids is 1. The summed E-state index contributed by atoms with van der Waals surface area (Å²) in [5.74, 6) is -1.45. The lowest BCUT2D eigenvalue weighted by atomic mass is 10.0. The van der Waals surface area contributed by atoms with E-state index in [0.29, 0.717) is 19.3 Å². The number of likely N-dealkylation sites (N-methyl/N-ethyl adjacent to an activating group) is 1. The molecule has 49 heavy (non-hydrogen) atoms. The van der Waals surface area contributed by atoms with Gasteiger partial charge in [0.05, 0.1) is 34.4 Å². The van der Waals surface area contributed by atoms with Crippen molar-refractivity contribution in [1.82, 2.24) is 0 Å². The quantitative estimate of drug-likeness (QED) is 0.0392. The number of carbonyl (C=O) groups excluding carboxylic acids is 2. The minimum absolute atomic E-state index is 0.0425. The van der Waals surface area contributed by atoms with Gasteiger partial charge >= 0.3 is 17.9 Å². The molecule has 8 nitrogen and oxygen atoms in total. The van der Waals surface area contributed by atoms with Crippen LogP contribution in [-0.4, -0.2) is 80.6 Å². The average Bonchev–Trinajstić information content (AvgIpc) is 3.05. The van der Waals surface area contributed by atoms with E-state index in [2.05, 4.69) is 13.8 Å². The van der Waals surface area contributed by atoms with Crippen molar-refractivity contribution >= 4 is 17.9 Å². The van der Waals surface area contributed by atoms with E-state index >= 15 is 0 Å². The largest absolute Gasteiger partial charge is 0.477 e. The summed E-state index contributed by atoms with van der Waals surface area (Å²) in [6.07, 6.45) is 31.3. The molecule has 0 aliphatic rings. The van der Waals surface area contributed by atoms with Gasteiger partial charge < -0.3 is 23.8 Å². The molecule has 0 aromatic carbocycles. The van der Waals surface area contributed by atoms with Gasteiger partial charge in [0.2, 0.25) is 0 Å². The summed E-state index contributed by atoms with van der Waals surface area (Å²) in [7, 11) is 5.53. The van der Waals surface area contributed by atoms with Crippen molar-refractivity contribution < 1.29 is 38.2 Å². The number of nitrogens with zero attached hydrogens (tertiary/aromatic N) is 1. The predicted octanol–water partition coefficient (Wildman–Crippen LogP) is 10.6. The van der Waals surface area contributed by atoms with Crippen LogP contribution in [0.5, 0.6) is 0 Å². The second-order valence-electron chi connectivity index (χ2n) is 15.3. The van der Waals surface area contributed by atoms with Crippen LogP contribution in [0.15, 0.2) is 0 Å². The molecule has 0 bridgehead atoms. The maximum atomic E-state index is 12.6. The van der Waals surface area contributed by atoms with E-state index in [4.69, 9.17) is 14.2 Å². The Morgan fingerprint density at radius 3 is 1.27 bits per heavy atom. The smallest absolute Gasteiger partial charge is 0.362 e. The molecule has 0 heterocycles. The number of carboxylic acid groups (broad SMARTS) is 1. The summed E-state index contributed by atoms with van der Waals surface area (Å²) in [6.45, 7) is 4.75. The Morgan fingerprint density at radius 1 is 0.531 bits per heavy atom. The standard InChI is InChI=1S/C41H79NO7/c1-6-8-10-12-14-16-18-19-20-22-23-25-27-29-31-39(43)48-36-37(35-47-34-33-38(41(45)46)42(3,4)5)49-40(44)32-30-28-26-24-21-17-15-13-11-9-7-2/h37-38H,6-36H2,1-5H3/p+1. The Morgan fingerprint density at radius 2 is 0.898 bits per heavy atom. The molecule has 290 valence electrons. The highest BCUT2D eigenvalue weighted by molar-refractivity contribution is 5.72. The number of carbonyl (C=O) groups is 3. The van der Waals surface area contributed by atoms with Crippen LogP contribution in [0.3, 0.4) is 0 Å². The Labute approximate surface area is 302 Å². The summed E-state index contributed by atoms with van der Waals surface area (Å²) >= 11 is 0. The van der Waals surface area contributed by atoms with Crippen molar-refractivity contribution in [3.8, 4) is 0 Å². The fourth-order valence-electron chi connectivity index (χ4n) is 6.27. The van der Waals surface area contributed by atoms with Gasteiger partial charge in [0.25, 0.3) is 0 Å². The van der Waals surface area contributed by atoms with Crippen LogP contribution >= 0.6 is 0 Å². The Balaban J connectivity index is 4.34. The van der Waals surface area contributed by atoms with Crippen molar-refractivity contribution in [1.29, 1.82) is 0 Å². The third kappa shape index (κ3) is 32.0. The first-order valence-electron chi connectivity index (χ1n) is 20.6. The third-order valence-electron chi connectivity index (χ3n) is 9.51. The Bertz CT molecular complexity index is 782. The molecule has 0 rings (SSSR count). The van der Waals surface area contributed by atoms with E-state index in [1.54, 1.807) is 0 Å². The highest BCUT2D eigenvalue weighted by Gasteiger charge is 2.31. The SMILES string of the molecule is CCCCCCCCCCCCCCCCC(=O)OCC(COCCC(C(=O)O)[N+](C)(C)C)OC(=O)CCCCCCCCCCCCC. The van der Waals surface area contributed by atoms with Crippen LogP contribution in [0.1, 0.15) is 194 Å². The van der Waals surface area contributed by atoms with Crippen LogP contribution in [0, 0.1) is 0 Å². The highest BCUT2D eigenvalue weighted by atomic mass is 16.6. The molecular weight excluding hydrogens is 618 g/mol. The minimum Gasteiger partial charge on any atom is -0.477 e. The number of carboxylic acids is 1. The van der Waals surface area contributed by atoms with Gasteiger partial charge in [-0.1, -0.05) is 162 Å². The van der Waals surface area contributed by atoms with Crippen LogP contribution in [0.4, 0.5) is 0 Å². The number of hydrogen-bond acceptors (Lipinski definition) is 6. The molecule has 0 amide bonds. The first kappa shape index (κ1) is 47.3. The lowest BCUT2D eigenvalue weighted by Gasteiger charge is -2.31. The number of quaternary nitrogens is 1. The fraction of sp³-hybridized carbons (Fsp3) is 0.927. The molecule has 0 fully saturated rings.